The number of ether oxygens (including phenoxy) is 2. The van der Waals surface area contributed by atoms with Gasteiger partial charge in [0.2, 0.25) is 0 Å². The van der Waals surface area contributed by atoms with E-state index in [2.05, 4.69) is 10.5 Å². The van der Waals surface area contributed by atoms with Crippen molar-refractivity contribution in [1.29, 1.82) is 0 Å². The number of benzene rings is 3. The molecule has 0 aliphatic rings. The molecule has 0 unspecified atom stereocenters. The maximum Gasteiger partial charge on any atom is 0.264 e. The van der Waals surface area contributed by atoms with Crippen molar-refractivity contribution in [2.45, 2.75) is 18.7 Å². The third-order valence-electron chi connectivity index (χ3n) is 5.22. The quantitative estimate of drug-likeness (QED) is 0.372. The second-order valence-corrected chi connectivity index (χ2v) is 9.33. The Bertz CT molecular complexity index is 1290. The molecule has 3 aromatic rings. The van der Waals surface area contributed by atoms with Gasteiger partial charge in [0.25, 0.3) is 15.9 Å². The molecule has 34 heavy (non-hydrogen) atoms. The number of nitrogens with one attached hydrogen (secondary N) is 1. The van der Waals surface area contributed by atoms with Crippen LogP contribution in [0, 0.1) is 13.8 Å². The molecule has 9 heteroatoms. The van der Waals surface area contributed by atoms with Gasteiger partial charge in [-0.25, -0.2) is 13.8 Å². The van der Waals surface area contributed by atoms with Crippen molar-refractivity contribution in [1.82, 2.24) is 5.43 Å². The van der Waals surface area contributed by atoms with E-state index in [1.165, 1.54) is 32.6 Å². The van der Waals surface area contributed by atoms with Gasteiger partial charge in [-0.15, -0.1) is 0 Å². The highest BCUT2D eigenvalue weighted by Gasteiger charge is 2.27. The van der Waals surface area contributed by atoms with Crippen LogP contribution in [0.15, 0.2) is 76.7 Å². The van der Waals surface area contributed by atoms with Crippen molar-refractivity contribution >= 4 is 27.8 Å². The molecule has 0 heterocycles. The average Bonchev–Trinajstić information content (AvgIpc) is 2.84. The topological polar surface area (TPSA) is 97.3 Å². The van der Waals surface area contributed by atoms with Crippen LogP contribution < -0.4 is 19.2 Å². The number of nitrogens with zero attached hydrogens (tertiary/aromatic N) is 2. The van der Waals surface area contributed by atoms with Crippen LogP contribution in [0.25, 0.3) is 0 Å². The van der Waals surface area contributed by atoms with E-state index < -0.39 is 22.5 Å². The van der Waals surface area contributed by atoms with Gasteiger partial charge < -0.3 is 9.47 Å². The zero-order chi connectivity index (χ0) is 24.7. The first kappa shape index (κ1) is 24.8. The van der Waals surface area contributed by atoms with Crippen molar-refractivity contribution in [2.24, 2.45) is 5.10 Å². The molecular formula is C25H27N3O5S. The van der Waals surface area contributed by atoms with Crippen LogP contribution >= 0.6 is 0 Å². The largest absolute Gasteiger partial charge is 0.493 e. The molecule has 0 saturated heterocycles. The number of sulfonamides is 1. The number of para-hydroxylation sites is 1. The number of methoxy groups -OCH3 is 2. The van der Waals surface area contributed by atoms with E-state index >= 15 is 0 Å². The minimum absolute atomic E-state index is 0.0886. The SMILES string of the molecule is COc1cccc(/C=N\NC(=O)CN(c2ccc(C)c(C)c2)S(=O)(=O)c2ccccc2)c1OC. The van der Waals surface area contributed by atoms with Crippen LogP contribution in [-0.4, -0.2) is 41.3 Å². The molecule has 1 N–H and O–H groups in total. The van der Waals surface area contributed by atoms with Crippen LogP contribution in [-0.2, 0) is 14.8 Å². The summed E-state index contributed by atoms with van der Waals surface area (Å²) in [5.74, 6) is 0.384. The standard InChI is InChI=1S/C25H27N3O5S/c1-18-13-14-21(15-19(18)2)28(34(30,31)22-10-6-5-7-11-22)17-24(29)27-26-16-20-9-8-12-23(32-3)25(20)33-4/h5-16H,17H2,1-4H3,(H,27,29)/b26-16-. The molecule has 0 bridgehead atoms. The van der Waals surface area contributed by atoms with E-state index in [9.17, 15) is 13.2 Å². The van der Waals surface area contributed by atoms with Crippen molar-refractivity contribution in [3.8, 4) is 11.5 Å². The Morgan fingerprint density at radius 1 is 0.971 bits per heavy atom. The van der Waals surface area contributed by atoms with Gasteiger partial charge in [0.05, 0.1) is 31.0 Å². The summed E-state index contributed by atoms with van der Waals surface area (Å²) in [6.45, 7) is 3.37. The fourth-order valence-corrected chi connectivity index (χ4v) is 4.70. The Hall–Kier alpha value is -3.85. The maximum atomic E-state index is 13.4. The van der Waals surface area contributed by atoms with Gasteiger partial charge in [-0.1, -0.05) is 30.3 Å². The summed E-state index contributed by atoms with van der Waals surface area (Å²) < 4.78 is 38.5. The lowest BCUT2D eigenvalue weighted by atomic mass is 10.1. The van der Waals surface area contributed by atoms with Gasteiger partial charge >= 0.3 is 0 Å². The monoisotopic (exact) mass is 481 g/mol. The lowest BCUT2D eigenvalue weighted by Gasteiger charge is -2.24. The number of aryl methyl sites for hydroxylation is 2. The molecule has 3 rings (SSSR count). The number of hydrogen-bond donors (Lipinski definition) is 1. The van der Waals surface area contributed by atoms with Crippen molar-refractivity contribution in [2.75, 3.05) is 25.1 Å². The first-order chi connectivity index (χ1) is 16.3. The molecule has 0 aromatic heterocycles. The van der Waals surface area contributed by atoms with Gasteiger partial charge in [0.1, 0.15) is 6.54 Å². The summed E-state index contributed by atoms with van der Waals surface area (Å²) in [5.41, 5.74) is 5.30. The molecular weight excluding hydrogens is 454 g/mol. The molecule has 0 fully saturated rings. The second-order valence-electron chi connectivity index (χ2n) is 7.47. The van der Waals surface area contributed by atoms with Crippen molar-refractivity contribution in [3.63, 3.8) is 0 Å². The van der Waals surface area contributed by atoms with Crippen LogP contribution in [0.4, 0.5) is 5.69 Å². The van der Waals surface area contributed by atoms with Crippen LogP contribution in [0.1, 0.15) is 16.7 Å². The first-order valence-electron chi connectivity index (χ1n) is 10.5. The summed E-state index contributed by atoms with van der Waals surface area (Å²) in [6, 6.07) is 18.5. The smallest absolute Gasteiger partial charge is 0.264 e. The lowest BCUT2D eigenvalue weighted by molar-refractivity contribution is -0.119. The molecule has 0 atom stereocenters. The Balaban J connectivity index is 1.86. The Morgan fingerprint density at radius 3 is 2.35 bits per heavy atom. The third-order valence-corrected chi connectivity index (χ3v) is 7.01. The molecule has 1 amide bonds. The van der Waals surface area contributed by atoms with E-state index in [0.717, 1.165) is 15.4 Å². The van der Waals surface area contributed by atoms with Gasteiger partial charge in [-0.05, 0) is 61.4 Å². The molecule has 0 aliphatic carbocycles. The number of carbonyl (C=O) groups is 1. The molecule has 3 aromatic carbocycles. The van der Waals surface area contributed by atoms with Gasteiger partial charge in [0.15, 0.2) is 11.5 Å². The van der Waals surface area contributed by atoms with Crippen molar-refractivity contribution in [3.05, 3.63) is 83.4 Å². The number of carbonyl (C=O) groups excluding carboxylic acids is 1. The fourth-order valence-electron chi connectivity index (χ4n) is 3.27. The van der Waals surface area contributed by atoms with Gasteiger partial charge in [-0.2, -0.15) is 5.10 Å². The zero-order valence-electron chi connectivity index (χ0n) is 19.5. The van der Waals surface area contributed by atoms with Gasteiger partial charge in [-0.3, -0.25) is 9.10 Å². The van der Waals surface area contributed by atoms with Crippen molar-refractivity contribution < 1.29 is 22.7 Å². The predicted molar refractivity (Wildman–Crippen MR) is 132 cm³/mol. The molecule has 178 valence electrons. The van der Waals surface area contributed by atoms with Gasteiger partial charge in [0, 0.05) is 5.56 Å². The number of hydrazone groups is 1. The minimum Gasteiger partial charge on any atom is -0.493 e. The fraction of sp³-hybridized carbons (Fsp3) is 0.200. The molecule has 0 radical (unpaired) electrons. The minimum atomic E-state index is -3.99. The second kappa shape index (κ2) is 10.8. The first-order valence-corrected chi connectivity index (χ1v) is 11.9. The summed E-state index contributed by atoms with van der Waals surface area (Å²) in [4.78, 5) is 12.8. The van der Waals surface area contributed by atoms with Crippen LogP contribution in [0.2, 0.25) is 0 Å². The maximum absolute atomic E-state index is 13.4. The molecule has 0 spiro atoms. The molecule has 0 saturated carbocycles. The summed E-state index contributed by atoms with van der Waals surface area (Å²) in [6.07, 6.45) is 1.41. The summed E-state index contributed by atoms with van der Waals surface area (Å²) in [5, 5.41) is 3.98. The van der Waals surface area contributed by atoms with E-state index in [1.807, 2.05) is 19.9 Å². The Morgan fingerprint density at radius 2 is 1.71 bits per heavy atom. The highest BCUT2D eigenvalue weighted by Crippen LogP contribution is 2.29. The highest BCUT2D eigenvalue weighted by molar-refractivity contribution is 7.92. The summed E-state index contributed by atoms with van der Waals surface area (Å²) >= 11 is 0. The van der Waals surface area contributed by atoms with E-state index in [-0.39, 0.29) is 4.90 Å². The molecule has 0 aliphatic heterocycles. The lowest BCUT2D eigenvalue weighted by Crippen LogP contribution is -2.39. The number of amides is 1. The predicted octanol–water partition coefficient (Wildman–Crippen LogP) is 3.67. The van der Waals surface area contributed by atoms with Crippen LogP contribution in [0.5, 0.6) is 11.5 Å². The van der Waals surface area contributed by atoms with E-state index in [4.69, 9.17) is 9.47 Å². The number of rotatable bonds is 9. The van der Waals surface area contributed by atoms with E-state index in [1.54, 1.807) is 48.5 Å². The Labute approximate surface area is 199 Å². The normalized spacial score (nSPS) is 11.3. The molecule has 8 nitrogen and oxygen atoms in total. The van der Waals surface area contributed by atoms with Crippen LogP contribution in [0.3, 0.4) is 0 Å². The van der Waals surface area contributed by atoms with E-state index in [0.29, 0.717) is 22.7 Å². The summed E-state index contributed by atoms with van der Waals surface area (Å²) in [7, 11) is -0.965. The average molecular weight is 482 g/mol. The zero-order valence-corrected chi connectivity index (χ0v) is 20.3. The third kappa shape index (κ3) is 5.55. The highest BCUT2D eigenvalue weighted by atomic mass is 32.2. The Kier molecular flexibility index (Phi) is 7.91. The number of hydrogen-bond acceptors (Lipinski definition) is 6. The number of anilines is 1.